The first kappa shape index (κ1) is 9.73. The Bertz CT molecular complexity index is 343. The van der Waals surface area contributed by atoms with Crippen molar-refractivity contribution in [1.29, 1.82) is 0 Å². The van der Waals surface area contributed by atoms with Crippen molar-refractivity contribution >= 4 is 22.5 Å². The van der Waals surface area contributed by atoms with Crippen molar-refractivity contribution < 1.29 is 14.1 Å². The molecule has 1 unspecified atom stereocenters. The van der Waals surface area contributed by atoms with Gasteiger partial charge in [-0.3, -0.25) is 4.21 Å². The number of hydrogen-bond donors (Lipinski definition) is 2. The average Bonchev–Trinajstić information content (AvgIpc) is 2.03. The molecule has 5 heteroatoms. The normalized spacial score (nSPS) is 12.4. The molecule has 0 radical (unpaired) electrons. The summed E-state index contributed by atoms with van der Waals surface area (Å²) < 4.78 is 11.1. The van der Waals surface area contributed by atoms with Gasteiger partial charge in [0.25, 0.3) is 0 Å². The third-order valence-electron chi connectivity index (χ3n) is 1.61. The van der Waals surface area contributed by atoms with Crippen LogP contribution >= 0.6 is 0 Å². The molecule has 4 nitrogen and oxygen atoms in total. The molecule has 0 spiro atoms. The predicted octanol–water partition coefficient (Wildman–Crippen LogP) is 0.704. The van der Waals surface area contributed by atoms with E-state index in [0.29, 0.717) is 4.90 Å². The minimum absolute atomic E-state index is 0.00676. The van der Waals surface area contributed by atoms with Gasteiger partial charge in [0.15, 0.2) is 0 Å². The number of rotatable bonds is 2. The molecule has 0 aliphatic rings. The maximum absolute atomic E-state index is 11.1. The monoisotopic (exact) mass is 199 g/mol. The van der Waals surface area contributed by atoms with Crippen molar-refractivity contribution in [3.05, 3.63) is 23.8 Å². The third-order valence-corrected chi connectivity index (χ3v) is 2.58. The van der Waals surface area contributed by atoms with E-state index < -0.39 is 16.8 Å². The SMILES string of the molecule is CS(=O)c1cccc(C(=O)O)c1N. The summed E-state index contributed by atoms with van der Waals surface area (Å²) in [5.41, 5.74) is 5.58. The molecular formula is C8H9NO3S. The summed E-state index contributed by atoms with van der Waals surface area (Å²) in [7, 11) is -1.26. The number of carboxylic acid groups (broad SMARTS) is 1. The lowest BCUT2D eigenvalue weighted by Gasteiger charge is -2.04. The predicted molar refractivity (Wildman–Crippen MR) is 50.1 cm³/mol. The van der Waals surface area contributed by atoms with Crippen LogP contribution in [0.5, 0.6) is 0 Å². The van der Waals surface area contributed by atoms with Gasteiger partial charge in [0, 0.05) is 6.26 Å². The Kier molecular flexibility index (Phi) is 2.67. The largest absolute Gasteiger partial charge is 0.478 e. The highest BCUT2D eigenvalue weighted by atomic mass is 32.2. The summed E-state index contributed by atoms with van der Waals surface area (Å²) in [4.78, 5) is 11.0. The van der Waals surface area contributed by atoms with Gasteiger partial charge in [0.1, 0.15) is 0 Å². The highest BCUT2D eigenvalue weighted by molar-refractivity contribution is 7.84. The molecule has 0 bridgehead atoms. The Morgan fingerprint density at radius 1 is 1.54 bits per heavy atom. The van der Waals surface area contributed by atoms with Crippen LogP contribution in [0.15, 0.2) is 23.1 Å². The van der Waals surface area contributed by atoms with Crippen LogP contribution in [0.3, 0.4) is 0 Å². The molecule has 0 fully saturated rings. The van der Waals surface area contributed by atoms with Crippen molar-refractivity contribution in [2.24, 2.45) is 0 Å². The Morgan fingerprint density at radius 2 is 2.15 bits per heavy atom. The lowest BCUT2D eigenvalue weighted by Crippen LogP contribution is -2.05. The van der Waals surface area contributed by atoms with Crippen LogP contribution in [0.2, 0.25) is 0 Å². The van der Waals surface area contributed by atoms with Crippen LogP contribution < -0.4 is 5.73 Å². The van der Waals surface area contributed by atoms with Gasteiger partial charge in [-0.25, -0.2) is 4.79 Å². The second-order valence-electron chi connectivity index (χ2n) is 2.48. The van der Waals surface area contributed by atoms with Gasteiger partial charge >= 0.3 is 5.97 Å². The zero-order valence-electron chi connectivity index (χ0n) is 6.98. The fraction of sp³-hybridized carbons (Fsp3) is 0.125. The van der Waals surface area contributed by atoms with Crippen molar-refractivity contribution in [3.8, 4) is 0 Å². The van der Waals surface area contributed by atoms with Gasteiger partial charge in [0.2, 0.25) is 0 Å². The minimum atomic E-state index is -1.26. The van der Waals surface area contributed by atoms with E-state index in [4.69, 9.17) is 10.8 Å². The van der Waals surface area contributed by atoms with Crippen LogP contribution in [-0.4, -0.2) is 21.5 Å². The number of benzene rings is 1. The van der Waals surface area contributed by atoms with E-state index in [0.717, 1.165) is 0 Å². The number of para-hydroxylation sites is 1. The standard InChI is InChI=1S/C8H9NO3S/c1-13(12)6-4-2-3-5(7(6)9)8(10)11/h2-4H,9H2,1H3,(H,10,11). The average molecular weight is 199 g/mol. The lowest BCUT2D eigenvalue weighted by atomic mass is 10.2. The molecule has 1 atom stereocenters. The van der Waals surface area contributed by atoms with Crippen LogP contribution in [0.25, 0.3) is 0 Å². The molecule has 0 saturated heterocycles. The Hall–Kier alpha value is -1.36. The maximum Gasteiger partial charge on any atom is 0.337 e. The quantitative estimate of drug-likeness (QED) is 0.687. The highest BCUT2D eigenvalue weighted by Crippen LogP contribution is 2.19. The summed E-state index contributed by atoms with van der Waals surface area (Å²) in [6.45, 7) is 0. The number of anilines is 1. The van der Waals surface area contributed by atoms with E-state index >= 15 is 0 Å². The number of nitrogens with two attached hydrogens (primary N) is 1. The van der Waals surface area contributed by atoms with Gasteiger partial charge in [-0.1, -0.05) is 6.07 Å². The second-order valence-corrected chi connectivity index (χ2v) is 3.82. The number of carboxylic acids is 1. The van der Waals surface area contributed by atoms with Crippen LogP contribution in [0.1, 0.15) is 10.4 Å². The van der Waals surface area contributed by atoms with E-state index in [-0.39, 0.29) is 11.3 Å². The van der Waals surface area contributed by atoms with Crippen molar-refractivity contribution in [3.63, 3.8) is 0 Å². The van der Waals surface area contributed by atoms with Gasteiger partial charge in [-0.2, -0.15) is 0 Å². The van der Waals surface area contributed by atoms with Crippen LogP contribution in [0.4, 0.5) is 5.69 Å². The van der Waals surface area contributed by atoms with Gasteiger partial charge in [-0.05, 0) is 12.1 Å². The topological polar surface area (TPSA) is 80.4 Å². The molecule has 1 rings (SSSR count). The molecule has 1 aromatic carbocycles. The molecule has 0 saturated carbocycles. The molecule has 0 amide bonds. The molecule has 0 aliphatic carbocycles. The molecule has 0 aliphatic heterocycles. The molecule has 1 aromatic rings. The zero-order valence-corrected chi connectivity index (χ0v) is 7.80. The summed E-state index contributed by atoms with van der Waals surface area (Å²) in [5, 5.41) is 8.69. The Morgan fingerprint density at radius 3 is 2.62 bits per heavy atom. The first-order valence-electron chi connectivity index (χ1n) is 3.49. The fourth-order valence-corrected chi connectivity index (χ4v) is 1.67. The van der Waals surface area contributed by atoms with Gasteiger partial charge in [0.05, 0.1) is 26.9 Å². The highest BCUT2D eigenvalue weighted by Gasteiger charge is 2.12. The molecular weight excluding hydrogens is 190 g/mol. The molecule has 0 heterocycles. The molecule has 0 aromatic heterocycles. The zero-order chi connectivity index (χ0) is 10.0. The van der Waals surface area contributed by atoms with Gasteiger partial charge in [-0.15, -0.1) is 0 Å². The third kappa shape index (κ3) is 1.86. The van der Waals surface area contributed by atoms with Crippen LogP contribution in [-0.2, 0) is 10.8 Å². The first-order chi connectivity index (χ1) is 6.04. The summed E-state index contributed by atoms with van der Waals surface area (Å²) >= 11 is 0. The van der Waals surface area contributed by atoms with E-state index in [1.165, 1.54) is 18.4 Å². The van der Waals surface area contributed by atoms with Gasteiger partial charge < -0.3 is 10.8 Å². The minimum Gasteiger partial charge on any atom is -0.478 e. The van der Waals surface area contributed by atoms with Crippen molar-refractivity contribution in [2.75, 3.05) is 12.0 Å². The molecule has 3 N–H and O–H groups in total. The number of carbonyl (C=O) groups is 1. The summed E-state index contributed by atoms with van der Waals surface area (Å²) in [6, 6.07) is 4.46. The Labute approximate surface area is 77.8 Å². The Balaban J connectivity index is 3.35. The van der Waals surface area contributed by atoms with Crippen LogP contribution in [0, 0.1) is 0 Å². The summed E-state index contributed by atoms with van der Waals surface area (Å²) in [6.07, 6.45) is 1.46. The van der Waals surface area contributed by atoms with E-state index in [2.05, 4.69) is 0 Å². The number of nitrogen functional groups attached to an aromatic ring is 1. The number of aromatic carboxylic acids is 1. The molecule has 13 heavy (non-hydrogen) atoms. The lowest BCUT2D eigenvalue weighted by molar-refractivity contribution is 0.0698. The number of hydrogen-bond acceptors (Lipinski definition) is 3. The fourth-order valence-electron chi connectivity index (χ4n) is 0.981. The van der Waals surface area contributed by atoms with E-state index in [1.54, 1.807) is 6.07 Å². The smallest absolute Gasteiger partial charge is 0.337 e. The second kappa shape index (κ2) is 3.57. The first-order valence-corrected chi connectivity index (χ1v) is 5.05. The van der Waals surface area contributed by atoms with Crippen molar-refractivity contribution in [2.45, 2.75) is 4.90 Å². The summed E-state index contributed by atoms with van der Waals surface area (Å²) in [5.74, 6) is -1.11. The van der Waals surface area contributed by atoms with E-state index in [1.807, 2.05) is 0 Å². The maximum atomic E-state index is 11.1. The van der Waals surface area contributed by atoms with E-state index in [9.17, 15) is 9.00 Å². The van der Waals surface area contributed by atoms with Crippen molar-refractivity contribution in [1.82, 2.24) is 0 Å². The molecule has 70 valence electrons.